The summed E-state index contributed by atoms with van der Waals surface area (Å²) in [6, 6.07) is 5.61. The molecule has 2 amide bonds. The van der Waals surface area contributed by atoms with Crippen LogP contribution in [0.2, 0.25) is 0 Å². The number of nitrogens with zero attached hydrogens (tertiary/aromatic N) is 1. The molecule has 1 aromatic carbocycles. The highest BCUT2D eigenvalue weighted by atomic mass is 16.5. The number of ether oxygens (including phenoxy) is 2. The van der Waals surface area contributed by atoms with Gasteiger partial charge in [-0.05, 0) is 30.5 Å². The zero-order valence-corrected chi connectivity index (χ0v) is 13.9. The van der Waals surface area contributed by atoms with Crippen LogP contribution in [0, 0.1) is 0 Å². The summed E-state index contributed by atoms with van der Waals surface area (Å²) in [6.07, 6.45) is 1.90. The van der Waals surface area contributed by atoms with E-state index < -0.39 is 0 Å². The third-order valence-electron chi connectivity index (χ3n) is 4.12. The first-order chi connectivity index (χ1) is 11.0. The molecule has 0 aromatic heterocycles. The monoisotopic (exact) mass is 320 g/mol. The molecule has 0 bridgehead atoms. The van der Waals surface area contributed by atoms with Gasteiger partial charge in [0.15, 0.2) is 11.5 Å². The molecule has 23 heavy (non-hydrogen) atoms. The molecule has 1 aliphatic rings. The van der Waals surface area contributed by atoms with Gasteiger partial charge in [-0.1, -0.05) is 6.07 Å². The smallest absolute Gasteiger partial charge is 0.224 e. The predicted octanol–water partition coefficient (Wildman–Crippen LogP) is 1.37. The normalized spacial score (nSPS) is 15.2. The number of likely N-dealkylation sites (tertiary alicyclic amines) is 1. The van der Waals surface area contributed by atoms with Gasteiger partial charge >= 0.3 is 0 Å². The second-order valence-corrected chi connectivity index (χ2v) is 5.71. The first-order valence-corrected chi connectivity index (χ1v) is 7.79. The standard InChI is InChI=1S/C17H24N2O4/c1-12(20)19-8-6-14(7-9-19)18-17(21)11-13-4-5-15(22-2)16(10-13)23-3/h4-5,10,14H,6-9,11H2,1-3H3,(H,18,21). The van der Waals surface area contributed by atoms with Gasteiger partial charge in [0.05, 0.1) is 20.6 Å². The van der Waals surface area contributed by atoms with Crippen molar-refractivity contribution in [3.63, 3.8) is 0 Å². The van der Waals surface area contributed by atoms with Crippen LogP contribution < -0.4 is 14.8 Å². The molecule has 0 spiro atoms. The van der Waals surface area contributed by atoms with Crippen molar-refractivity contribution in [2.75, 3.05) is 27.3 Å². The third kappa shape index (κ3) is 4.61. The van der Waals surface area contributed by atoms with Crippen LogP contribution in [0.25, 0.3) is 0 Å². The largest absolute Gasteiger partial charge is 0.493 e. The summed E-state index contributed by atoms with van der Waals surface area (Å²) >= 11 is 0. The summed E-state index contributed by atoms with van der Waals surface area (Å²) < 4.78 is 10.4. The molecule has 2 rings (SSSR count). The number of hydrogen-bond acceptors (Lipinski definition) is 4. The van der Waals surface area contributed by atoms with E-state index in [2.05, 4.69) is 5.32 Å². The minimum atomic E-state index is -0.0153. The lowest BCUT2D eigenvalue weighted by Crippen LogP contribution is -2.46. The van der Waals surface area contributed by atoms with Crippen molar-refractivity contribution in [3.05, 3.63) is 23.8 Å². The molecule has 1 aliphatic heterocycles. The van der Waals surface area contributed by atoms with Gasteiger partial charge in [0.1, 0.15) is 0 Å². The predicted molar refractivity (Wildman–Crippen MR) is 86.7 cm³/mol. The van der Waals surface area contributed by atoms with E-state index >= 15 is 0 Å². The number of carbonyl (C=O) groups excluding carboxylic acids is 2. The SMILES string of the molecule is COc1ccc(CC(=O)NC2CCN(C(C)=O)CC2)cc1OC. The number of benzene rings is 1. The molecular weight excluding hydrogens is 296 g/mol. The fourth-order valence-electron chi connectivity index (χ4n) is 2.79. The second-order valence-electron chi connectivity index (χ2n) is 5.71. The maximum Gasteiger partial charge on any atom is 0.224 e. The molecular formula is C17H24N2O4. The van der Waals surface area contributed by atoms with E-state index in [9.17, 15) is 9.59 Å². The summed E-state index contributed by atoms with van der Waals surface area (Å²) in [4.78, 5) is 25.3. The van der Waals surface area contributed by atoms with Gasteiger partial charge in [-0.2, -0.15) is 0 Å². The van der Waals surface area contributed by atoms with E-state index in [4.69, 9.17) is 9.47 Å². The molecule has 0 unspecified atom stereocenters. The highest BCUT2D eigenvalue weighted by molar-refractivity contribution is 5.79. The second kappa shape index (κ2) is 7.85. The summed E-state index contributed by atoms with van der Waals surface area (Å²) in [7, 11) is 3.15. The Morgan fingerprint density at radius 3 is 2.39 bits per heavy atom. The van der Waals surface area contributed by atoms with E-state index in [1.807, 2.05) is 17.0 Å². The number of amides is 2. The van der Waals surface area contributed by atoms with Crippen molar-refractivity contribution < 1.29 is 19.1 Å². The van der Waals surface area contributed by atoms with Crippen LogP contribution in [0.4, 0.5) is 0 Å². The Hall–Kier alpha value is -2.24. The van der Waals surface area contributed by atoms with E-state index in [0.717, 1.165) is 18.4 Å². The van der Waals surface area contributed by atoms with Crippen LogP contribution in [0.3, 0.4) is 0 Å². The molecule has 6 heteroatoms. The Balaban J connectivity index is 1.87. The zero-order valence-electron chi connectivity index (χ0n) is 13.9. The van der Waals surface area contributed by atoms with Crippen molar-refractivity contribution in [2.45, 2.75) is 32.2 Å². The fourth-order valence-corrected chi connectivity index (χ4v) is 2.79. The van der Waals surface area contributed by atoms with Crippen molar-refractivity contribution in [1.82, 2.24) is 10.2 Å². The molecule has 126 valence electrons. The molecule has 0 radical (unpaired) electrons. The first kappa shape index (κ1) is 17.1. The van der Waals surface area contributed by atoms with Gasteiger partial charge in [-0.3, -0.25) is 9.59 Å². The van der Waals surface area contributed by atoms with E-state index in [1.54, 1.807) is 27.2 Å². The van der Waals surface area contributed by atoms with Crippen molar-refractivity contribution >= 4 is 11.8 Å². The average molecular weight is 320 g/mol. The first-order valence-electron chi connectivity index (χ1n) is 7.79. The van der Waals surface area contributed by atoms with Crippen LogP contribution in [0.5, 0.6) is 11.5 Å². The van der Waals surface area contributed by atoms with Gasteiger partial charge in [0.25, 0.3) is 0 Å². The van der Waals surface area contributed by atoms with Crippen LogP contribution >= 0.6 is 0 Å². The molecule has 0 aliphatic carbocycles. The van der Waals surface area contributed by atoms with Gasteiger partial charge in [0.2, 0.25) is 11.8 Å². The average Bonchev–Trinajstić information content (AvgIpc) is 2.55. The molecule has 1 saturated heterocycles. The molecule has 6 nitrogen and oxygen atoms in total. The minimum absolute atomic E-state index is 0.0153. The lowest BCUT2D eigenvalue weighted by molar-refractivity contribution is -0.130. The Labute approximate surface area is 136 Å². The van der Waals surface area contributed by atoms with Crippen LogP contribution in [-0.4, -0.2) is 50.1 Å². The lowest BCUT2D eigenvalue weighted by atomic mass is 10.0. The van der Waals surface area contributed by atoms with Gasteiger partial charge < -0.3 is 19.7 Å². The Morgan fingerprint density at radius 1 is 1.17 bits per heavy atom. The van der Waals surface area contributed by atoms with Crippen molar-refractivity contribution in [2.24, 2.45) is 0 Å². The van der Waals surface area contributed by atoms with Gasteiger partial charge in [0, 0.05) is 26.1 Å². The fraction of sp³-hybridized carbons (Fsp3) is 0.529. The molecule has 1 fully saturated rings. The number of carbonyl (C=O) groups is 2. The molecule has 1 N–H and O–H groups in total. The minimum Gasteiger partial charge on any atom is -0.493 e. The summed E-state index contributed by atoms with van der Waals surface area (Å²) in [5, 5.41) is 3.04. The molecule has 0 atom stereocenters. The molecule has 1 aromatic rings. The zero-order chi connectivity index (χ0) is 16.8. The Bertz CT molecular complexity index is 566. The lowest BCUT2D eigenvalue weighted by Gasteiger charge is -2.31. The number of rotatable bonds is 5. The van der Waals surface area contributed by atoms with Crippen molar-refractivity contribution in [3.8, 4) is 11.5 Å². The maximum absolute atomic E-state index is 12.2. The van der Waals surface area contributed by atoms with E-state index in [-0.39, 0.29) is 17.9 Å². The topological polar surface area (TPSA) is 67.9 Å². The third-order valence-corrected chi connectivity index (χ3v) is 4.12. The van der Waals surface area contributed by atoms with Gasteiger partial charge in [-0.25, -0.2) is 0 Å². The van der Waals surface area contributed by atoms with Crippen LogP contribution in [0.1, 0.15) is 25.3 Å². The van der Waals surface area contributed by atoms with E-state index in [1.165, 1.54) is 0 Å². The van der Waals surface area contributed by atoms with Crippen molar-refractivity contribution in [1.29, 1.82) is 0 Å². The summed E-state index contributed by atoms with van der Waals surface area (Å²) in [5.74, 6) is 1.35. The summed E-state index contributed by atoms with van der Waals surface area (Å²) in [5.41, 5.74) is 0.876. The number of hydrogen-bond donors (Lipinski definition) is 1. The number of methoxy groups -OCH3 is 2. The maximum atomic E-state index is 12.2. The van der Waals surface area contributed by atoms with E-state index in [0.29, 0.717) is 31.0 Å². The molecule has 0 saturated carbocycles. The van der Waals surface area contributed by atoms with Crippen LogP contribution in [0.15, 0.2) is 18.2 Å². The number of piperidine rings is 1. The molecule has 1 heterocycles. The Morgan fingerprint density at radius 2 is 1.83 bits per heavy atom. The highest BCUT2D eigenvalue weighted by Crippen LogP contribution is 2.27. The Kier molecular flexibility index (Phi) is 5.84. The van der Waals surface area contributed by atoms with Gasteiger partial charge in [-0.15, -0.1) is 0 Å². The summed E-state index contributed by atoms with van der Waals surface area (Å²) in [6.45, 7) is 2.99. The number of nitrogens with one attached hydrogen (secondary N) is 1. The van der Waals surface area contributed by atoms with Crippen LogP contribution in [-0.2, 0) is 16.0 Å². The quantitative estimate of drug-likeness (QED) is 0.890. The highest BCUT2D eigenvalue weighted by Gasteiger charge is 2.22.